The molecule has 0 aliphatic heterocycles. The maximum Gasteiger partial charge on any atom is 0.252 e. The second-order valence-electron chi connectivity index (χ2n) is 6.60. The van der Waals surface area contributed by atoms with Gasteiger partial charge in [0.2, 0.25) is 0 Å². The summed E-state index contributed by atoms with van der Waals surface area (Å²) in [5.41, 5.74) is 5.73. The molecule has 0 aliphatic carbocycles. The number of anilines is 2. The highest BCUT2D eigenvalue weighted by molar-refractivity contribution is 6.30. The van der Waals surface area contributed by atoms with E-state index in [0.29, 0.717) is 17.1 Å². The maximum absolute atomic E-state index is 12.4. The Balaban J connectivity index is 1.61. The Bertz CT molecular complexity index is 936. The fourth-order valence-electron chi connectivity index (χ4n) is 2.96. The summed E-state index contributed by atoms with van der Waals surface area (Å²) in [6.45, 7) is 4.65. The van der Waals surface area contributed by atoms with E-state index in [-0.39, 0.29) is 5.91 Å². The second kappa shape index (κ2) is 8.69. The topological polar surface area (TPSA) is 54.0 Å². The minimum Gasteiger partial charge on any atom is -0.354 e. The van der Waals surface area contributed by atoms with Gasteiger partial charge in [0.25, 0.3) is 5.91 Å². The number of benzene rings is 2. The number of pyridine rings is 1. The van der Waals surface area contributed by atoms with Crippen LogP contribution in [0.2, 0.25) is 5.02 Å². The van der Waals surface area contributed by atoms with Gasteiger partial charge in [-0.05, 0) is 67.3 Å². The van der Waals surface area contributed by atoms with E-state index in [1.165, 1.54) is 11.1 Å². The minimum absolute atomic E-state index is 0.145. The summed E-state index contributed by atoms with van der Waals surface area (Å²) in [7, 11) is 0. The van der Waals surface area contributed by atoms with Crippen LogP contribution in [0.5, 0.6) is 0 Å². The van der Waals surface area contributed by atoms with Crippen LogP contribution in [0.4, 0.5) is 11.4 Å². The van der Waals surface area contributed by atoms with E-state index in [2.05, 4.69) is 47.7 Å². The first-order valence-corrected chi connectivity index (χ1v) is 9.20. The fourth-order valence-corrected chi connectivity index (χ4v) is 3.17. The standard InChI is InChI=1S/C22H22ClN3O/c1-15-8-16(2)10-20(9-15)26-21-12-18(13-24-14-21)22(27)25-7-6-17-4-3-5-19(23)11-17/h3-5,8-14,26H,6-7H2,1-2H3,(H,25,27). The van der Waals surface area contributed by atoms with Gasteiger partial charge >= 0.3 is 0 Å². The molecule has 0 saturated heterocycles. The van der Waals surface area contributed by atoms with Gasteiger partial charge < -0.3 is 10.6 Å². The summed E-state index contributed by atoms with van der Waals surface area (Å²) in [4.78, 5) is 16.6. The van der Waals surface area contributed by atoms with Crippen LogP contribution in [0.25, 0.3) is 0 Å². The highest BCUT2D eigenvalue weighted by Crippen LogP contribution is 2.19. The summed E-state index contributed by atoms with van der Waals surface area (Å²) in [5.74, 6) is -0.145. The molecule has 0 atom stereocenters. The predicted molar refractivity (Wildman–Crippen MR) is 111 cm³/mol. The fraction of sp³-hybridized carbons (Fsp3) is 0.182. The molecule has 3 aromatic rings. The molecule has 1 heterocycles. The minimum atomic E-state index is -0.145. The highest BCUT2D eigenvalue weighted by atomic mass is 35.5. The summed E-state index contributed by atoms with van der Waals surface area (Å²) in [6.07, 6.45) is 4.00. The summed E-state index contributed by atoms with van der Waals surface area (Å²) in [5, 5.41) is 6.94. The molecule has 1 amide bonds. The molecule has 0 saturated carbocycles. The predicted octanol–water partition coefficient (Wildman–Crippen LogP) is 5.07. The Morgan fingerprint density at radius 1 is 1.00 bits per heavy atom. The molecule has 4 nitrogen and oxygen atoms in total. The van der Waals surface area contributed by atoms with Crippen molar-refractivity contribution in [3.8, 4) is 0 Å². The molecule has 27 heavy (non-hydrogen) atoms. The van der Waals surface area contributed by atoms with Gasteiger partial charge in [-0.25, -0.2) is 0 Å². The van der Waals surface area contributed by atoms with E-state index in [1.54, 1.807) is 18.5 Å². The molecule has 0 bridgehead atoms. The van der Waals surface area contributed by atoms with Gasteiger partial charge in [-0.15, -0.1) is 0 Å². The van der Waals surface area contributed by atoms with Crippen molar-refractivity contribution >= 4 is 28.9 Å². The van der Waals surface area contributed by atoms with E-state index < -0.39 is 0 Å². The Morgan fingerprint density at radius 3 is 2.52 bits per heavy atom. The lowest BCUT2D eigenvalue weighted by molar-refractivity contribution is 0.0954. The first-order valence-electron chi connectivity index (χ1n) is 8.82. The lowest BCUT2D eigenvalue weighted by atomic mass is 10.1. The van der Waals surface area contributed by atoms with Crippen LogP contribution in [0.1, 0.15) is 27.0 Å². The number of carbonyl (C=O) groups excluding carboxylic acids is 1. The molecule has 0 fully saturated rings. The van der Waals surface area contributed by atoms with Crippen LogP contribution in [0, 0.1) is 13.8 Å². The Morgan fingerprint density at radius 2 is 1.78 bits per heavy atom. The molecule has 1 aromatic heterocycles. The summed E-state index contributed by atoms with van der Waals surface area (Å²) < 4.78 is 0. The van der Waals surface area contributed by atoms with Crippen molar-refractivity contribution in [2.45, 2.75) is 20.3 Å². The summed E-state index contributed by atoms with van der Waals surface area (Å²) >= 11 is 5.98. The molecule has 3 rings (SSSR count). The number of aromatic nitrogens is 1. The number of amides is 1. The maximum atomic E-state index is 12.4. The van der Waals surface area contributed by atoms with Crippen molar-refractivity contribution in [3.05, 3.63) is 88.2 Å². The SMILES string of the molecule is Cc1cc(C)cc(Nc2cncc(C(=O)NCCc3cccc(Cl)c3)c2)c1. The molecule has 138 valence electrons. The van der Waals surface area contributed by atoms with E-state index in [0.717, 1.165) is 23.4 Å². The number of rotatable bonds is 6. The molecular formula is C22H22ClN3O. The number of carbonyl (C=O) groups is 1. The first-order chi connectivity index (χ1) is 13.0. The lowest BCUT2D eigenvalue weighted by Crippen LogP contribution is -2.25. The zero-order valence-corrected chi connectivity index (χ0v) is 16.2. The van der Waals surface area contributed by atoms with E-state index in [1.807, 2.05) is 24.3 Å². The molecule has 0 unspecified atom stereocenters. The van der Waals surface area contributed by atoms with E-state index >= 15 is 0 Å². The van der Waals surface area contributed by atoms with Crippen molar-refractivity contribution < 1.29 is 4.79 Å². The third kappa shape index (κ3) is 5.56. The molecule has 2 N–H and O–H groups in total. The zero-order chi connectivity index (χ0) is 19.2. The van der Waals surface area contributed by atoms with E-state index in [9.17, 15) is 4.79 Å². The van der Waals surface area contributed by atoms with Crippen LogP contribution >= 0.6 is 11.6 Å². The average molecular weight is 380 g/mol. The number of hydrogen-bond donors (Lipinski definition) is 2. The number of hydrogen-bond acceptors (Lipinski definition) is 3. The number of aryl methyl sites for hydroxylation is 2. The Kier molecular flexibility index (Phi) is 6.09. The highest BCUT2D eigenvalue weighted by Gasteiger charge is 2.07. The zero-order valence-electron chi connectivity index (χ0n) is 15.4. The van der Waals surface area contributed by atoms with Crippen molar-refractivity contribution in [3.63, 3.8) is 0 Å². The molecule has 2 aromatic carbocycles. The van der Waals surface area contributed by atoms with Crippen LogP contribution < -0.4 is 10.6 Å². The quantitative estimate of drug-likeness (QED) is 0.628. The monoisotopic (exact) mass is 379 g/mol. The van der Waals surface area contributed by atoms with Crippen LogP contribution in [0.15, 0.2) is 60.9 Å². The van der Waals surface area contributed by atoms with Crippen molar-refractivity contribution in [1.29, 1.82) is 0 Å². The van der Waals surface area contributed by atoms with Crippen LogP contribution in [-0.4, -0.2) is 17.4 Å². The Labute approximate surface area is 164 Å². The third-order valence-corrected chi connectivity index (χ3v) is 4.33. The number of nitrogens with zero attached hydrogens (tertiary/aromatic N) is 1. The van der Waals surface area contributed by atoms with Gasteiger partial charge in [0.15, 0.2) is 0 Å². The second-order valence-corrected chi connectivity index (χ2v) is 7.04. The van der Waals surface area contributed by atoms with Gasteiger partial charge in [-0.3, -0.25) is 9.78 Å². The van der Waals surface area contributed by atoms with Gasteiger partial charge in [0.05, 0.1) is 17.4 Å². The van der Waals surface area contributed by atoms with Gasteiger partial charge in [0, 0.05) is 23.5 Å². The molecule has 0 spiro atoms. The first kappa shape index (κ1) is 18.9. The Hall–Kier alpha value is -2.85. The van der Waals surface area contributed by atoms with Gasteiger partial charge in [-0.2, -0.15) is 0 Å². The number of halogens is 1. The summed E-state index contributed by atoms with van der Waals surface area (Å²) in [6, 6.07) is 15.7. The van der Waals surface area contributed by atoms with Crippen molar-refractivity contribution in [1.82, 2.24) is 10.3 Å². The smallest absolute Gasteiger partial charge is 0.252 e. The van der Waals surface area contributed by atoms with Gasteiger partial charge in [0.1, 0.15) is 0 Å². The largest absolute Gasteiger partial charge is 0.354 e. The third-order valence-electron chi connectivity index (χ3n) is 4.10. The molecular weight excluding hydrogens is 358 g/mol. The average Bonchev–Trinajstić information content (AvgIpc) is 2.61. The molecule has 0 radical (unpaired) electrons. The number of nitrogens with one attached hydrogen (secondary N) is 2. The van der Waals surface area contributed by atoms with Crippen molar-refractivity contribution in [2.24, 2.45) is 0 Å². The van der Waals surface area contributed by atoms with Crippen LogP contribution in [0.3, 0.4) is 0 Å². The van der Waals surface area contributed by atoms with Crippen molar-refractivity contribution in [2.75, 3.05) is 11.9 Å². The van der Waals surface area contributed by atoms with Gasteiger partial charge in [-0.1, -0.05) is 29.8 Å². The lowest BCUT2D eigenvalue weighted by Gasteiger charge is -2.10. The molecule has 5 heteroatoms. The molecule has 0 aliphatic rings. The van der Waals surface area contributed by atoms with E-state index in [4.69, 9.17) is 11.6 Å². The normalized spacial score (nSPS) is 10.5. The van der Waals surface area contributed by atoms with Crippen LogP contribution in [-0.2, 0) is 6.42 Å².